The minimum absolute atomic E-state index is 0.0350. The van der Waals surface area contributed by atoms with Gasteiger partial charge in [-0.2, -0.15) is 8.42 Å². The summed E-state index contributed by atoms with van der Waals surface area (Å²) in [5, 5.41) is 9.59. The van der Waals surface area contributed by atoms with Crippen molar-refractivity contribution < 1.29 is 17.9 Å². The monoisotopic (exact) mass is 298 g/mol. The molecule has 2 heterocycles. The van der Waals surface area contributed by atoms with Crippen LogP contribution in [-0.4, -0.2) is 43.8 Å². The molecule has 2 aromatic rings. The summed E-state index contributed by atoms with van der Waals surface area (Å²) in [7, 11) is -0.569. The molecule has 0 aliphatic rings. The van der Waals surface area contributed by atoms with E-state index >= 15 is 0 Å². The van der Waals surface area contributed by atoms with Crippen LogP contribution in [-0.2, 0) is 16.8 Å². The summed E-state index contributed by atoms with van der Waals surface area (Å²) in [5.41, 5.74) is 0.866. The van der Waals surface area contributed by atoms with Gasteiger partial charge in [-0.1, -0.05) is 0 Å². The Hall–Kier alpha value is -2.13. The molecule has 0 amide bonds. The van der Waals surface area contributed by atoms with Crippen molar-refractivity contribution in [3.63, 3.8) is 0 Å². The summed E-state index contributed by atoms with van der Waals surface area (Å²) in [5.74, 6) is 0.0350. The third-order valence-corrected chi connectivity index (χ3v) is 3.10. The lowest BCUT2D eigenvalue weighted by Crippen LogP contribution is -2.14. The Kier molecular flexibility index (Phi) is 3.91. The molecule has 0 aliphatic heterocycles. The Labute approximate surface area is 115 Å². The minimum Gasteiger partial charge on any atom is -0.440 e. The van der Waals surface area contributed by atoms with E-state index in [2.05, 4.69) is 14.1 Å². The lowest BCUT2D eigenvalue weighted by molar-refractivity contribution is 0.277. The van der Waals surface area contributed by atoms with Gasteiger partial charge in [0.2, 0.25) is 5.88 Å². The molecule has 2 aromatic heterocycles. The Morgan fingerprint density at radius 2 is 2.25 bits per heavy atom. The molecule has 0 radical (unpaired) electrons. The fourth-order valence-electron chi connectivity index (χ4n) is 1.42. The number of aromatic nitrogens is 1. The van der Waals surface area contributed by atoms with E-state index in [1.165, 1.54) is 23.2 Å². The normalized spacial score (nSPS) is 12.2. The fourth-order valence-corrected chi connectivity index (χ4v) is 2.14. The maximum atomic E-state index is 11.7. The molecule has 20 heavy (non-hydrogen) atoms. The Bertz CT molecular complexity index is 736. The van der Waals surface area contributed by atoms with E-state index in [0.29, 0.717) is 16.7 Å². The number of anilines is 1. The van der Waals surface area contributed by atoms with Crippen molar-refractivity contribution in [1.29, 1.82) is 0 Å². The van der Waals surface area contributed by atoms with Crippen LogP contribution in [0.25, 0.3) is 11.0 Å². The van der Waals surface area contributed by atoms with Crippen LogP contribution in [0.3, 0.4) is 0 Å². The van der Waals surface area contributed by atoms with Gasteiger partial charge in [-0.25, -0.2) is 4.72 Å². The number of fused-ring (bicyclic) bond motifs is 1. The molecular formula is C11H14N4O4S. The first-order valence-electron chi connectivity index (χ1n) is 5.63. The third-order valence-electron chi connectivity index (χ3n) is 2.27. The summed E-state index contributed by atoms with van der Waals surface area (Å²) < 4.78 is 34.2. The Balaban J connectivity index is 2.26. The largest absolute Gasteiger partial charge is 0.440 e. The van der Waals surface area contributed by atoms with Gasteiger partial charge in [-0.3, -0.25) is 4.98 Å². The predicted molar refractivity (Wildman–Crippen MR) is 74.7 cm³/mol. The van der Waals surface area contributed by atoms with E-state index in [1.807, 2.05) is 0 Å². The standard InChI is InChI=1S/C11H14N4O4S/c1-15(2)7-13-20(17,18)14-11-3-8-5-12-9(6-16)4-10(8)19-11/h3-5,7,14,16H,6H2,1-2H3. The quantitative estimate of drug-likeness (QED) is 0.617. The maximum Gasteiger partial charge on any atom is 0.345 e. The second-order valence-corrected chi connectivity index (χ2v) is 5.61. The highest BCUT2D eigenvalue weighted by Crippen LogP contribution is 2.23. The SMILES string of the molecule is CN(C)C=NS(=O)(=O)Nc1cc2cnc(CO)cc2o1. The summed E-state index contributed by atoms with van der Waals surface area (Å²) in [6.07, 6.45) is 2.65. The molecule has 2 N–H and O–H groups in total. The second kappa shape index (κ2) is 5.47. The molecule has 9 heteroatoms. The average molecular weight is 298 g/mol. The number of hydrogen-bond acceptors (Lipinski definition) is 5. The number of furan rings is 1. The van der Waals surface area contributed by atoms with Crippen LogP contribution in [0.2, 0.25) is 0 Å². The fraction of sp³-hybridized carbons (Fsp3) is 0.273. The smallest absolute Gasteiger partial charge is 0.345 e. The summed E-state index contributed by atoms with van der Waals surface area (Å²) in [6.45, 7) is -0.217. The number of rotatable bonds is 5. The highest BCUT2D eigenvalue weighted by atomic mass is 32.2. The number of pyridine rings is 1. The Morgan fingerprint density at radius 1 is 1.50 bits per heavy atom. The molecule has 0 spiro atoms. The first kappa shape index (κ1) is 14.3. The van der Waals surface area contributed by atoms with Crippen molar-refractivity contribution in [3.05, 3.63) is 24.0 Å². The van der Waals surface area contributed by atoms with Crippen molar-refractivity contribution in [2.24, 2.45) is 4.40 Å². The van der Waals surface area contributed by atoms with Gasteiger partial charge in [0.25, 0.3) is 0 Å². The van der Waals surface area contributed by atoms with E-state index in [1.54, 1.807) is 14.1 Å². The van der Waals surface area contributed by atoms with Crippen LogP contribution in [0.1, 0.15) is 5.69 Å². The van der Waals surface area contributed by atoms with Gasteiger partial charge in [0, 0.05) is 37.8 Å². The molecule has 0 unspecified atom stereocenters. The second-order valence-electron chi connectivity index (χ2n) is 4.24. The molecule has 0 aromatic carbocycles. The van der Waals surface area contributed by atoms with Gasteiger partial charge in [-0.05, 0) is 0 Å². The zero-order valence-corrected chi connectivity index (χ0v) is 11.8. The molecule has 0 fully saturated rings. The number of nitrogens with one attached hydrogen (secondary N) is 1. The molecule has 2 rings (SSSR count). The topological polar surface area (TPSA) is 108 Å². The van der Waals surface area contributed by atoms with Gasteiger partial charge >= 0.3 is 10.2 Å². The van der Waals surface area contributed by atoms with Gasteiger partial charge in [0.05, 0.1) is 12.3 Å². The summed E-state index contributed by atoms with van der Waals surface area (Å²) in [6, 6.07) is 3.03. The minimum atomic E-state index is -3.88. The van der Waals surface area contributed by atoms with E-state index in [4.69, 9.17) is 9.52 Å². The average Bonchev–Trinajstić information content (AvgIpc) is 2.76. The maximum absolute atomic E-state index is 11.7. The highest BCUT2D eigenvalue weighted by Gasteiger charge is 2.12. The first-order valence-corrected chi connectivity index (χ1v) is 7.07. The zero-order valence-electron chi connectivity index (χ0n) is 10.9. The number of aliphatic hydroxyl groups is 1. The van der Waals surface area contributed by atoms with Gasteiger partial charge in [0.15, 0.2) is 0 Å². The lowest BCUT2D eigenvalue weighted by atomic mass is 10.3. The molecule has 0 saturated heterocycles. The van der Waals surface area contributed by atoms with Crippen LogP contribution in [0.15, 0.2) is 27.1 Å². The molecule has 8 nitrogen and oxygen atoms in total. The molecule has 0 bridgehead atoms. The van der Waals surface area contributed by atoms with Crippen LogP contribution in [0.4, 0.5) is 5.88 Å². The van der Waals surface area contributed by atoms with E-state index in [0.717, 1.165) is 6.34 Å². The molecule has 0 saturated carbocycles. The van der Waals surface area contributed by atoms with Crippen molar-refractivity contribution in [2.75, 3.05) is 18.8 Å². The zero-order chi connectivity index (χ0) is 14.8. The number of nitrogens with zero attached hydrogens (tertiary/aromatic N) is 3. The van der Waals surface area contributed by atoms with Crippen LogP contribution < -0.4 is 4.72 Å². The van der Waals surface area contributed by atoms with E-state index in [9.17, 15) is 8.42 Å². The van der Waals surface area contributed by atoms with Crippen LogP contribution >= 0.6 is 0 Å². The Morgan fingerprint density at radius 3 is 2.90 bits per heavy atom. The van der Waals surface area contributed by atoms with Gasteiger partial charge in [-0.15, -0.1) is 4.40 Å². The predicted octanol–water partition coefficient (Wildman–Crippen LogP) is 0.567. The highest BCUT2D eigenvalue weighted by molar-refractivity contribution is 7.91. The van der Waals surface area contributed by atoms with Crippen molar-refractivity contribution in [2.45, 2.75) is 6.61 Å². The first-order chi connectivity index (χ1) is 9.39. The summed E-state index contributed by atoms with van der Waals surface area (Å²) in [4.78, 5) is 5.47. The number of hydrogen-bond donors (Lipinski definition) is 2. The van der Waals surface area contributed by atoms with Crippen LogP contribution in [0.5, 0.6) is 0 Å². The van der Waals surface area contributed by atoms with Gasteiger partial charge < -0.3 is 14.4 Å². The van der Waals surface area contributed by atoms with Crippen molar-refractivity contribution in [3.8, 4) is 0 Å². The molecular weight excluding hydrogens is 284 g/mol. The number of aliphatic hydroxyl groups excluding tert-OH is 1. The van der Waals surface area contributed by atoms with E-state index in [-0.39, 0.29) is 12.5 Å². The van der Waals surface area contributed by atoms with Gasteiger partial charge in [0.1, 0.15) is 11.9 Å². The molecule has 0 atom stereocenters. The molecule has 108 valence electrons. The van der Waals surface area contributed by atoms with Crippen molar-refractivity contribution in [1.82, 2.24) is 9.88 Å². The van der Waals surface area contributed by atoms with Crippen molar-refractivity contribution >= 4 is 33.4 Å². The van der Waals surface area contributed by atoms with Crippen LogP contribution in [0, 0.1) is 0 Å². The molecule has 0 aliphatic carbocycles. The van der Waals surface area contributed by atoms with E-state index < -0.39 is 10.2 Å². The third kappa shape index (κ3) is 3.45. The lowest BCUT2D eigenvalue weighted by Gasteiger charge is -2.03. The summed E-state index contributed by atoms with van der Waals surface area (Å²) >= 11 is 0.